The average molecular weight is 227 g/mol. The third kappa shape index (κ3) is 3.38. The number of amides is 2. The van der Waals surface area contributed by atoms with E-state index in [0.29, 0.717) is 11.5 Å². The van der Waals surface area contributed by atoms with Crippen LogP contribution in [0, 0.1) is 0 Å². The average Bonchev–Trinajstić information content (AvgIpc) is 2.56. The first kappa shape index (κ1) is 12.2. The van der Waals surface area contributed by atoms with Gasteiger partial charge < -0.3 is 4.74 Å². The van der Waals surface area contributed by atoms with Gasteiger partial charge in [0.2, 0.25) is 0 Å². The Labute approximate surface area is 92.8 Å². The zero-order valence-corrected chi connectivity index (χ0v) is 8.81. The molecule has 0 N–H and O–H groups in total. The fourth-order valence-electron chi connectivity index (χ4n) is 1.14. The molecule has 0 radical (unpaired) electrons. The highest BCUT2D eigenvalue weighted by molar-refractivity contribution is 6.01. The third-order valence-electron chi connectivity index (χ3n) is 1.94. The predicted octanol–water partition coefficient (Wildman–Crippen LogP) is 1.17. The Morgan fingerprint density at radius 1 is 1.38 bits per heavy atom. The number of ether oxygens (including phenoxy) is 1. The van der Waals surface area contributed by atoms with E-state index in [4.69, 9.17) is 0 Å². The van der Waals surface area contributed by atoms with Crippen molar-refractivity contribution in [2.75, 3.05) is 6.61 Å². The summed E-state index contributed by atoms with van der Waals surface area (Å²) >= 11 is 0. The van der Waals surface area contributed by atoms with Crippen molar-refractivity contribution in [1.82, 2.24) is 5.06 Å². The SMILES string of the molecule is C=CCCCOC(=O)ON1C(=O)CCC1=O. The number of rotatable bonds is 5. The summed E-state index contributed by atoms with van der Waals surface area (Å²) in [7, 11) is 0. The Balaban J connectivity index is 2.25. The Morgan fingerprint density at radius 2 is 2.00 bits per heavy atom. The molecule has 0 aromatic carbocycles. The second kappa shape index (κ2) is 5.89. The van der Waals surface area contributed by atoms with Gasteiger partial charge in [0, 0.05) is 12.8 Å². The summed E-state index contributed by atoms with van der Waals surface area (Å²) in [6.07, 6.45) is 2.15. The molecule has 1 heterocycles. The van der Waals surface area contributed by atoms with Crippen molar-refractivity contribution in [2.45, 2.75) is 25.7 Å². The van der Waals surface area contributed by atoms with E-state index < -0.39 is 18.0 Å². The van der Waals surface area contributed by atoms with Crippen LogP contribution in [0.5, 0.6) is 0 Å². The van der Waals surface area contributed by atoms with Gasteiger partial charge in [-0.05, 0) is 12.8 Å². The number of carbonyl (C=O) groups excluding carboxylic acids is 3. The van der Waals surface area contributed by atoms with Gasteiger partial charge in [-0.15, -0.1) is 6.58 Å². The first-order valence-electron chi connectivity index (χ1n) is 4.96. The van der Waals surface area contributed by atoms with Gasteiger partial charge in [-0.1, -0.05) is 11.1 Å². The number of hydrogen-bond donors (Lipinski definition) is 0. The lowest BCUT2D eigenvalue weighted by atomic mass is 10.3. The smallest absolute Gasteiger partial charge is 0.433 e. The summed E-state index contributed by atoms with van der Waals surface area (Å²) in [5, 5.41) is 0.454. The number of hydroxylamine groups is 2. The number of allylic oxidation sites excluding steroid dienone is 1. The molecule has 88 valence electrons. The van der Waals surface area contributed by atoms with Gasteiger partial charge in [-0.3, -0.25) is 14.4 Å². The molecule has 16 heavy (non-hydrogen) atoms. The normalized spacial score (nSPS) is 15.1. The van der Waals surface area contributed by atoms with E-state index in [1.54, 1.807) is 6.08 Å². The van der Waals surface area contributed by atoms with Crippen LogP contribution in [0.2, 0.25) is 0 Å². The van der Waals surface area contributed by atoms with Crippen LogP contribution in [0.3, 0.4) is 0 Å². The largest absolute Gasteiger partial charge is 0.533 e. The fourth-order valence-corrected chi connectivity index (χ4v) is 1.14. The van der Waals surface area contributed by atoms with Gasteiger partial charge in [0.1, 0.15) is 0 Å². The molecule has 2 amide bonds. The van der Waals surface area contributed by atoms with E-state index in [-0.39, 0.29) is 19.4 Å². The quantitative estimate of drug-likeness (QED) is 0.305. The third-order valence-corrected chi connectivity index (χ3v) is 1.94. The van der Waals surface area contributed by atoms with E-state index in [2.05, 4.69) is 16.2 Å². The topological polar surface area (TPSA) is 72.9 Å². The van der Waals surface area contributed by atoms with E-state index in [0.717, 1.165) is 6.42 Å². The van der Waals surface area contributed by atoms with Gasteiger partial charge >= 0.3 is 6.16 Å². The van der Waals surface area contributed by atoms with Gasteiger partial charge in [-0.25, -0.2) is 4.79 Å². The molecule has 0 aliphatic carbocycles. The molecule has 0 atom stereocenters. The molecule has 1 saturated heterocycles. The molecule has 0 bridgehead atoms. The minimum absolute atomic E-state index is 0.0720. The first-order valence-corrected chi connectivity index (χ1v) is 4.96. The van der Waals surface area contributed by atoms with Crippen molar-refractivity contribution in [3.63, 3.8) is 0 Å². The summed E-state index contributed by atoms with van der Waals surface area (Å²) in [5.74, 6) is -1.04. The van der Waals surface area contributed by atoms with E-state index in [1.807, 2.05) is 0 Å². The second-order valence-corrected chi connectivity index (χ2v) is 3.20. The van der Waals surface area contributed by atoms with Crippen LogP contribution < -0.4 is 0 Å². The van der Waals surface area contributed by atoms with Crippen LogP contribution in [0.15, 0.2) is 12.7 Å². The van der Waals surface area contributed by atoms with Crippen molar-refractivity contribution in [3.8, 4) is 0 Å². The van der Waals surface area contributed by atoms with Crippen molar-refractivity contribution in [3.05, 3.63) is 12.7 Å². The number of hydrogen-bond acceptors (Lipinski definition) is 5. The molecule has 0 saturated carbocycles. The molecule has 0 unspecified atom stereocenters. The Hall–Kier alpha value is -1.85. The van der Waals surface area contributed by atoms with E-state index in [1.165, 1.54) is 0 Å². The highest BCUT2D eigenvalue weighted by Gasteiger charge is 2.33. The molecule has 1 aliphatic heterocycles. The number of imide groups is 1. The van der Waals surface area contributed by atoms with Gasteiger partial charge in [0.15, 0.2) is 0 Å². The lowest BCUT2D eigenvalue weighted by molar-refractivity contribution is -0.177. The van der Waals surface area contributed by atoms with Crippen molar-refractivity contribution in [2.24, 2.45) is 0 Å². The van der Waals surface area contributed by atoms with E-state index in [9.17, 15) is 14.4 Å². The molecule has 0 spiro atoms. The number of nitrogens with zero attached hydrogens (tertiary/aromatic N) is 1. The molecular weight excluding hydrogens is 214 g/mol. The monoisotopic (exact) mass is 227 g/mol. The molecule has 0 aromatic heterocycles. The molecule has 1 aliphatic rings. The van der Waals surface area contributed by atoms with Crippen LogP contribution in [-0.2, 0) is 19.2 Å². The molecule has 1 fully saturated rings. The summed E-state index contributed by atoms with van der Waals surface area (Å²) in [6, 6.07) is 0. The molecular formula is C10H13NO5. The van der Waals surface area contributed by atoms with Gasteiger partial charge in [0.25, 0.3) is 11.8 Å². The van der Waals surface area contributed by atoms with Crippen LogP contribution in [0.25, 0.3) is 0 Å². The number of unbranched alkanes of at least 4 members (excludes halogenated alkanes) is 1. The lowest BCUT2D eigenvalue weighted by Gasteiger charge is -2.11. The standard InChI is InChI=1S/C10H13NO5/c1-2-3-4-7-15-10(14)16-11-8(12)5-6-9(11)13/h2H,1,3-7H2. The zero-order chi connectivity index (χ0) is 12.0. The second-order valence-electron chi connectivity index (χ2n) is 3.20. The predicted molar refractivity (Wildman–Crippen MR) is 53.0 cm³/mol. The van der Waals surface area contributed by atoms with Crippen molar-refractivity contribution >= 4 is 18.0 Å². The highest BCUT2D eigenvalue weighted by Crippen LogP contribution is 2.12. The summed E-state index contributed by atoms with van der Waals surface area (Å²) < 4.78 is 4.65. The maximum Gasteiger partial charge on any atom is 0.533 e. The maximum absolute atomic E-state index is 11.1. The number of carbonyl (C=O) groups is 3. The minimum atomic E-state index is -1.03. The zero-order valence-electron chi connectivity index (χ0n) is 8.81. The fraction of sp³-hybridized carbons (Fsp3) is 0.500. The van der Waals surface area contributed by atoms with Crippen LogP contribution in [0.1, 0.15) is 25.7 Å². The summed E-state index contributed by atoms with van der Waals surface area (Å²) in [4.78, 5) is 37.6. The molecule has 6 heteroatoms. The Morgan fingerprint density at radius 3 is 2.56 bits per heavy atom. The maximum atomic E-state index is 11.1. The molecule has 0 aromatic rings. The van der Waals surface area contributed by atoms with Crippen LogP contribution in [0.4, 0.5) is 4.79 Å². The van der Waals surface area contributed by atoms with Crippen molar-refractivity contribution < 1.29 is 24.0 Å². The minimum Gasteiger partial charge on any atom is -0.433 e. The van der Waals surface area contributed by atoms with Crippen molar-refractivity contribution in [1.29, 1.82) is 0 Å². The Kier molecular flexibility index (Phi) is 4.50. The summed E-state index contributed by atoms with van der Waals surface area (Å²) in [5.41, 5.74) is 0. The van der Waals surface area contributed by atoms with Gasteiger partial charge in [0.05, 0.1) is 6.61 Å². The molecule has 1 rings (SSSR count). The van der Waals surface area contributed by atoms with Crippen LogP contribution in [-0.4, -0.2) is 29.6 Å². The van der Waals surface area contributed by atoms with E-state index >= 15 is 0 Å². The summed E-state index contributed by atoms with van der Waals surface area (Å²) in [6.45, 7) is 3.68. The lowest BCUT2D eigenvalue weighted by Crippen LogP contribution is -2.32. The highest BCUT2D eigenvalue weighted by atomic mass is 16.8. The first-order chi connectivity index (χ1) is 7.65. The molecule has 6 nitrogen and oxygen atoms in total. The van der Waals surface area contributed by atoms with Gasteiger partial charge in [-0.2, -0.15) is 0 Å². The van der Waals surface area contributed by atoms with Crippen LogP contribution >= 0.6 is 0 Å². The Bertz CT molecular complexity index is 296.